The molecule has 16 heavy (non-hydrogen) atoms. The predicted molar refractivity (Wildman–Crippen MR) is 53.7 cm³/mol. The molecule has 1 N–H and O–H groups in total. The molecule has 1 aromatic rings. The van der Waals surface area contributed by atoms with Gasteiger partial charge in [0.05, 0.1) is 0 Å². The Kier molecular flexibility index (Phi) is 2.34. The van der Waals surface area contributed by atoms with Crippen molar-refractivity contribution >= 4 is 11.8 Å². The van der Waals surface area contributed by atoms with Crippen LogP contribution in [0.15, 0.2) is 11.0 Å². The first kappa shape index (κ1) is 10.5. The van der Waals surface area contributed by atoms with Crippen molar-refractivity contribution in [1.29, 1.82) is 0 Å². The lowest BCUT2D eigenvalue weighted by Crippen LogP contribution is -2.36. The third kappa shape index (κ3) is 1.42. The van der Waals surface area contributed by atoms with Crippen LogP contribution in [0.3, 0.4) is 0 Å². The fourth-order valence-corrected chi connectivity index (χ4v) is 1.81. The molecule has 6 nitrogen and oxygen atoms in total. The second kappa shape index (κ2) is 3.55. The van der Waals surface area contributed by atoms with Gasteiger partial charge in [-0.05, 0) is 13.3 Å². The van der Waals surface area contributed by atoms with Crippen LogP contribution < -0.4 is 5.56 Å². The maximum atomic E-state index is 11.8. The molecule has 0 bridgehead atoms. The molecule has 84 valence electrons. The first-order chi connectivity index (χ1) is 7.52. The molecule has 2 heterocycles. The molecule has 1 aliphatic heterocycles. The van der Waals surface area contributed by atoms with Gasteiger partial charge >= 0.3 is 5.97 Å². The number of carbonyl (C=O) groups excluding carboxylic acids is 1. The van der Waals surface area contributed by atoms with Crippen molar-refractivity contribution in [2.24, 2.45) is 0 Å². The highest BCUT2D eigenvalue weighted by Gasteiger charge is 2.27. The molecule has 1 atom stereocenters. The van der Waals surface area contributed by atoms with E-state index in [-0.39, 0.29) is 17.6 Å². The minimum absolute atomic E-state index is 0.0637. The van der Waals surface area contributed by atoms with E-state index in [4.69, 9.17) is 5.11 Å². The molecule has 0 fully saturated rings. The number of ketones is 1. The standard InChI is InChI=1S/C10H10N2O4/c1-5-2-3-7(13)8-11-4-6(10(15)16)9(14)12(5)8/h4-5H,2-3H2,1H3,(H,15,16). The number of carbonyl (C=O) groups is 2. The number of carboxylic acid groups (broad SMARTS) is 1. The topological polar surface area (TPSA) is 89.3 Å². The van der Waals surface area contributed by atoms with Gasteiger partial charge in [-0.25, -0.2) is 9.78 Å². The Hall–Kier alpha value is -1.98. The Morgan fingerprint density at radius 2 is 2.25 bits per heavy atom. The number of hydrogen-bond acceptors (Lipinski definition) is 4. The summed E-state index contributed by atoms with van der Waals surface area (Å²) >= 11 is 0. The van der Waals surface area contributed by atoms with Crippen molar-refractivity contribution in [1.82, 2.24) is 9.55 Å². The molecule has 0 aromatic carbocycles. The van der Waals surface area contributed by atoms with E-state index in [0.29, 0.717) is 12.8 Å². The largest absolute Gasteiger partial charge is 0.477 e. The molecule has 0 spiro atoms. The molecule has 0 saturated heterocycles. The summed E-state index contributed by atoms with van der Waals surface area (Å²) in [6, 6.07) is -0.188. The highest BCUT2D eigenvalue weighted by Crippen LogP contribution is 2.20. The van der Waals surface area contributed by atoms with Gasteiger partial charge in [-0.15, -0.1) is 0 Å². The number of hydrogen-bond donors (Lipinski definition) is 1. The van der Waals surface area contributed by atoms with E-state index in [1.165, 1.54) is 4.57 Å². The molecule has 1 unspecified atom stereocenters. The van der Waals surface area contributed by atoms with Gasteiger partial charge in [-0.3, -0.25) is 14.2 Å². The summed E-state index contributed by atoms with van der Waals surface area (Å²) in [5.41, 5.74) is -1.05. The van der Waals surface area contributed by atoms with Crippen LogP contribution in [-0.4, -0.2) is 26.4 Å². The van der Waals surface area contributed by atoms with Crippen LogP contribution in [-0.2, 0) is 0 Å². The second-order valence-electron chi connectivity index (χ2n) is 3.79. The number of aromatic carboxylic acids is 1. The van der Waals surface area contributed by atoms with E-state index < -0.39 is 17.1 Å². The second-order valence-corrected chi connectivity index (χ2v) is 3.79. The number of carboxylic acids is 1. The lowest BCUT2D eigenvalue weighted by Gasteiger charge is -2.22. The van der Waals surface area contributed by atoms with Crippen LogP contribution in [0.1, 0.15) is 46.8 Å². The Balaban J connectivity index is 2.73. The van der Waals surface area contributed by atoms with Crippen LogP contribution in [0.5, 0.6) is 0 Å². The number of fused-ring (bicyclic) bond motifs is 1. The van der Waals surface area contributed by atoms with Crippen LogP contribution in [0.4, 0.5) is 0 Å². The van der Waals surface area contributed by atoms with E-state index in [1.807, 2.05) is 0 Å². The zero-order chi connectivity index (χ0) is 11.9. The molecule has 0 amide bonds. The summed E-state index contributed by atoms with van der Waals surface area (Å²) in [6.45, 7) is 1.77. The van der Waals surface area contributed by atoms with E-state index in [0.717, 1.165) is 6.20 Å². The zero-order valence-electron chi connectivity index (χ0n) is 8.64. The van der Waals surface area contributed by atoms with Gasteiger partial charge in [-0.1, -0.05) is 0 Å². The summed E-state index contributed by atoms with van der Waals surface area (Å²) in [7, 11) is 0. The number of rotatable bonds is 1. The van der Waals surface area contributed by atoms with Gasteiger partial charge in [0.25, 0.3) is 5.56 Å². The summed E-state index contributed by atoms with van der Waals surface area (Å²) < 4.78 is 1.18. The van der Waals surface area contributed by atoms with Gasteiger partial charge in [0.2, 0.25) is 0 Å². The summed E-state index contributed by atoms with van der Waals surface area (Å²) in [6.07, 6.45) is 1.84. The van der Waals surface area contributed by atoms with Crippen LogP contribution in [0.2, 0.25) is 0 Å². The quantitative estimate of drug-likeness (QED) is 0.746. The Bertz CT molecular complexity index is 532. The van der Waals surface area contributed by atoms with E-state index >= 15 is 0 Å². The first-order valence-corrected chi connectivity index (χ1v) is 4.90. The Labute approximate surface area is 90.5 Å². The average molecular weight is 222 g/mol. The van der Waals surface area contributed by atoms with Crippen molar-refractivity contribution in [3.8, 4) is 0 Å². The molecule has 6 heteroatoms. The molecular formula is C10H10N2O4. The van der Waals surface area contributed by atoms with Crippen LogP contribution >= 0.6 is 0 Å². The monoisotopic (exact) mass is 222 g/mol. The fraction of sp³-hybridized carbons (Fsp3) is 0.400. The molecule has 2 rings (SSSR count). The number of nitrogens with zero attached hydrogens (tertiary/aromatic N) is 2. The molecule has 1 aromatic heterocycles. The summed E-state index contributed by atoms with van der Waals surface area (Å²) in [5.74, 6) is -1.47. The van der Waals surface area contributed by atoms with Gasteiger partial charge in [0.15, 0.2) is 11.6 Å². The first-order valence-electron chi connectivity index (χ1n) is 4.90. The van der Waals surface area contributed by atoms with Gasteiger partial charge in [-0.2, -0.15) is 0 Å². The minimum Gasteiger partial charge on any atom is -0.477 e. The van der Waals surface area contributed by atoms with Crippen molar-refractivity contribution in [2.45, 2.75) is 25.8 Å². The summed E-state index contributed by atoms with van der Waals surface area (Å²) in [4.78, 5) is 37.8. The van der Waals surface area contributed by atoms with E-state index in [9.17, 15) is 14.4 Å². The van der Waals surface area contributed by atoms with Gasteiger partial charge < -0.3 is 5.11 Å². The van der Waals surface area contributed by atoms with Gasteiger partial charge in [0.1, 0.15) is 5.56 Å². The van der Waals surface area contributed by atoms with Crippen molar-refractivity contribution in [3.63, 3.8) is 0 Å². The van der Waals surface area contributed by atoms with Crippen molar-refractivity contribution in [3.05, 3.63) is 27.9 Å². The molecular weight excluding hydrogens is 212 g/mol. The Morgan fingerprint density at radius 3 is 2.88 bits per heavy atom. The summed E-state index contributed by atoms with van der Waals surface area (Å²) in [5, 5.41) is 8.78. The average Bonchev–Trinajstić information content (AvgIpc) is 2.23. The van der Waals surface area contributed by atoms with Crippen LogP contribution in [0.25, 0.3) is 0 Å². The lowest BCUT2D eigenvalue weighted by atomic mass is 10.0. The third-order valence-electron chi connectivity index (χ3n) is 2.70. The number of aromatic nitrogens is 2. The molecule has 1 aliphatic rings. The Morgan fingerprint density at radius 1 is 1.56 bits per heavy atom. The smallest absolute Gasteiger partial charge is 0.342 e. The van der Waals surface area contributed by atoms with Crippen molar-refractivity contribution in [2.75, 3.05) is 0 Å². The SMILES string of the molecule is CC1CCC(=O)c2ncc(C(=O)O)c(=O)n21. The normalized spacial score (nSPS) is 19.3. The fourth-order valence-electron chi connectivity index (χ4n) is 1.81. The lowest BCUT2D eigenvalue weighted by molar-refractivity contribution is 0.0691. The van der Waals surface area contributed by atoms with Crippen molar-refractivity contribution < 1.29 is 14.7 Å². The maximum Gasteiger partial charge on any atom is 0.342 e. The highest BCUT2D eigenvalue weighted by atomic mass is 16.4. The maximum absolute atomic E-state index is 11.8. The van der Waals surface area contributed by atoms with E-state index in [2.05, 4.69) is 4.98 Å². The zero-order valence-corrected chi connectivity index (χ0v) is 8.64. The number of Topliss-reactive ketones (excluding diaryl/α,β-unsaturated/α-hetero) is 1. The molecule has 0 aliphatic carbocycles. The van der Waals surface area contributed by atoms with E-state index in [1.54, 1.807) is 6.92 Å². The van der Waals surface area contributed by atoms with Gasteiger partial charge in [0, 0.05) is 18.7 Å². The third-order valence-corrected chi connectivity index (χ3v) is 2.70. The predicted octanol–water partition coefficient (Wildman–Crippen LogP) is 0.479. The highest BCUT2D eigenvalue weighted by molar-refractivity contribution is 5.94. The minimum atomic E-state index is -1.32. The molecule has 0 radical (unpaired) electrons. The van der Waals surface area contributed by atoms with Crippen LogP contribution in [0, 0.1) is 0 Å². The molecule has 0 saturated carbocycles.